The van der Waals surface area contributed by atoms with E-state index >= 15 is 0 Å². The van der Waals surface area contributed by atoms with Crippen molar-refractivity contribution in [1.29, 1.82) is 0 Å². The van der Waals surface area contributed by atoms with E-state index in [1.54, 1.807) is 30.6 Å². The molecule has 3 rings (SSSR count). The molecule has 5 nitrogen and oxygen atoms in total. The minimum Gasteiger partial charge on any atom is -0.273 e. The Morgan fingerprint density at radius 3 is 2.65 bits per heavy atom. The highest BCUT2D eigenvalue weighted by molar-refractivity contribution is 7.90. The topological polar surface area (TPSA) is 76.1 Å². The quantitative estimate of drug-likeness (QED) is 0.937. The smallest absolute Gasteiger partial charge is 0.264 e. The third-order valence-electron chi connectivity index (χ3n) is 4.66. The largest absolute Gasteiger partial charge is 0.273 e. The molecule has 1 heterocycles. The number of amides is 1. The first-order chi connectivity index (χ1) is 10.9. The molecule has 0 aliphatic heterocycles. The molecule has 0 unspecified atom stereocenters. The van der Waals surface area contributed by atoms with Gasteiger partial charge in [0.15, 0.2) is 0 Å². The first kappa shape index (κ1) is 15.9. The van der Waals surface area contributed by atoms with Crippen LogP contribution in [0.3, 0.4) is 0 Å². The van der Waals surface area contributed by atoms with Gasteiger partial charge in [-0.1, -0.05) is 38.3 Å². The number of rotatable bonds is 3. The minimum atomic E-state index is -3.90. The summed E-state index contributed by atoms with van der Waals surface area (Å²) in [4.78, 5) is 16.7. The first-order valence-corrected chi connectivity index (χ1v) is 9.31. The lowest BCUT2D eigenvalue weighted by atomic mass is 9.75. The molecular formula is C17H20N2O3S. The Morgan fingerprint density at radius 2 is 1.91 bits per heavy atom. The van der Waals surface area contributed by atoms with Crippen molar-refractivity contribution in [3.05, 3.63) is 36.7 Å². The SMILES string of the molecule is CC1(C(=O)NS(=O)(=O)c2cccc3cnccc23)CCCCC1. The van der Waals surface area contributed by atoms with Crippen molar-refractivity contribution in [1.82, 2.24) is 9.71 Å². The zero-order valence-corrected chi connectivity index (χ0v) is 13.9. The van der Waals surface area contributed by atoms with Gasteiger partial charge in [0.05, 0.1) is 4.90 Å². The summed E-state index contributed by atoms with van der Waals surface area (Å²) in [6.07, 6.45) is 7.64. The van der Waals surface area contributed by atoms with E-state index in [1.807, 2.05) is 6.92 Å². The van der Waals surface area contributed by atoms with Gasteiger partial charge in [-0.25, -0.2) is 13.1 Å². The lowest BCUT2D eigenvalue weighted by Crippen LogP contribution is -2.43. The molecule has 6 heteroatoms. The Balaban J connectivity index is 1.93. The van der Waals surface area contributed by atoms with Crippen LogP contribution in [0.4, 0.5) is 0 Å². The maximum absolute atomic E-state index is 12.7. The summed E-state index contributed by atoms with van der Waals surface area (Å²) in [5.41, 5.74) is -0.600. The summed E-state index contributed by atoms with van der Waals surface area (Å²) >= 11 is 0. The van der Waals surface area contributed by atoms with Crippen molar-refractivity contribution in [2.24, 2.45) is 5.41 Å². The molecule has 1 N–H and O–H groups in total. The van der Waals surface area contributed by atoms with E-state index < -0.39 is 21.3 Å². The molecular weight excluding hydrogens is 312 g/mol. The predicted molar refractivity (Wildman–Crippen MR) is 88.3 cm³/mol. The number of aromatic nitrogens is 1. The van der Waals surface area contributed by atoms with E-state index in [9.17, 15) is 13.2 Å². The number of hydrogen-bond donors (Lipinski definition) is 1. The molecule has 1 aliphatic rings. The van der Waals surface area contributed by atoms with Crippen LogP contribution in [-0.4, -0.2) is 19.3 Å². The number of benzene rings is 1. The first-order valence-electron chi connectivity index (χ1n) is 7.82. The lowest BCUT2D eigenvalue weighted by molar-refractivity contribution is -0.129. The van der Waals surface area contributed by atoms with Gasteiger partial charge in [0, 0.05) is 28.6 Å². The molecule has 1 fully saturated rings. The monoisotopic (exact) mass is 332 g/mol. The molecule has 1 amide bonds. The van der Waals surface area contributed by atoms with Gasteiger partial charge < -0.3 is 0 Å². The molecule has 0 atom stereocenters. The van der Waals surface area contributed by atoms with Crippen molar-refractivity contribution >= 4 is 26.7 Å². The Hall–Kier alpha value is -1.95. The van der Waals surface area contributed by atoms with Crippen LogP contribution in [0.2, 0.25) is 0 Å². The van der Waals surface area contributed by atoms with Crippen LogP contribution >= 0.6 is 0 Å². The second-order valence-electron chi connectivity index (χ2n) is 6.41. The van der Waals surface area contributed by atoms with Crippen molar-refractivity contribution < 1.29 is 13.2 Å². The molecule has 2 aromatic rings. The van der Waals surface area contributed by atoms with Gasteiger partial charge in [0.2, 0.25) is 5.91 Å². The number of pyridine rings is 1. The number of carbonyl (C=O) groups excluding carboxylic acids is 1. The zero-order valence-electron chi connectivity index (χ0n) is 13.1. The highest BCUT2D eigenvalue weighted by Gasteiger charge is 2.37. The van der Waals surface area contributed by atoms with E-state index in [0.29, 0.717) is 5.39 Å². The predicted octanol–water partition coefficient (Wildman–Crippen LogP) is 3.01. The van der Waals surface area contributed by atoms with Crippen LogP contribution in [0.15, 0.2) is 41.6 Å². The summed E-state index contributed by atoms with van der Waals surface area (Å²) in [5.74, 6) is -0.400. The fraction of sp³-hybridized carbons (Fsp3) is 0.412. The van der Waals surface area contributed by atoms with E-state index in [0.717, 1.165) is 37.5 Å². The van der Waals surface area contributed by atoms with Gasteiger partial charge in [-0.05, 0) is 25.0 Å². The summed E-state index contributed by atoms with van der Waals surface area (Å²) in [7, 11) is -3.90. The van der Waals surface area contributed by atoms with Crippen molar-refractivity contribution in [3.8, 4) is 0 Å². The van der Waals surface area contributed by atoms with E-state index in [2.05, 4.69) is 9.71 Å². The van der Waals surface area contributed by atoms with Gasteiger partial charge in [0.1, 0.15) is 0 Å². The summed E-state index contributed by atoms with van der Waals surface area (Å²) < 4.78 is 27.7. The van der Waals surface area contributed by atoms with Gasteiger partial charge >= 0.3 is 0 Å². The average Bonchev–Trinajstić information content (AvgIpc) is 2.54. The van der Waals surface area contributed by atoms with Crippen LogP contribution in [0.5, 0.6) is 0 Å². The molecule has 1 aromatic heterocycles. The number of nitrogens with zero attached hydrogens (tertiary/aromatic N) is 1. The van der Waals surface area contributed by atoms with Crippen molar-refractivity contribution in [2.75, 3.05) is 0 Å². The molecule has 0 bridgehead atoms. The Kier molecular flexibility index (Phi) is 4.10. The molecule has 23 heavy (non-hydrogen) atoms. The second-order valence-corrected chi connectivity index (χ2v) is 8.06. The number of carbonyl (C=O) groups is 1. The van der Waals surface area contributed by atoms with Crippen LogP contribution in [0, 0.1) is 5.41 Å². The van der Waals surface area contributed by atoms with E-state index in [1.165, 1.54) is 6.07 Å². The van der Waals surface area contributed by atoms with Crippen LogP contribution < -0.4 is 4.72 Å². The molecule has 1 aliphatic carbocycles. The highest BCUT2D eigenvalue weighted by atomic mass is 32.2. The molecule has 0 spiro atoms. The third kappa shape index (κ3) is 3.08. The van der Waals surface area contributed by atoms with E-state index in [4.69, 9.17) is 0 Å². The average molecular weight is 332 g/mol. The molecule has 1 saturated carbocycles. The number of hydrogen-bond acceptors (Lipinski definition) is 4. The Bertz CT molecular complexity index is 835. The Labute approximate surface area is 136 Å². The second kappa shape index (κ2) is 5.92. The van der Waals surface area contributed by atoms with Gasteiger partial charge in [-0.15, -0.1) is 0 Å². The number of sulfonamides is 1. The Morgan fingerprint density at radius 1 is 1.17 bits per heavy atom. The summed E-state index contributed by atoms with van der Waals surface area (Å²) in [6, 6.07) is 6.62. The minimum absolute atomic E-state index is 0.116. The van der Waals surface area contributed by atoms with Gasteiger partial charge in [0.25, 0.3) is 10.0 Å². The normalized spacial score (nSPS) is 17.8. The standard InChI is InChI=1S/C17H20N2O3S/c1-17(9-3-2-4-10-17)16(20)19-23(21,22)15-7-5-6-13-12-18-11-8-14(13)15/h5-8,11-12H,2-4,9-10H2,1H3,(H,19,20). The van der Waals surface area contributed by atoms with Crippen LogP contribution in [-0.2, 0) is 14.8 Å². The maximum Gasteiger partial charge on any atom is 0.264 e. The van der Waals surface area contributed by atoms with Gasteiger partial charge in [-0.3, -0.25) is 9.78 Å². The fourth-order valence-electron chi connectivity index (χ4n) is 3.19. The molecule has 1 aromatic carbocycles. The van der Waals surface area contributed by atoms with E-state index in [-0.39, 0.29) is 4.90 Å². The third-order valence-corrected chi connectivity index (χ3v) is 6.05. The van der Waals surface area contributed by atoms with Crippen LogP contribution in [0.1, 0.15) is 39.0 Å². The molecule has 122 valence electrons. The van der Waals surface area contributed by atoms with Crippen molar-refractivity contribution in [2.45, 2.75) is 43.9 Å². The molecule has 0 saturated heterocycles. The summed E-state index contributed by atoms with van der Waals surface area (Å²) in [5, 5.41) is 1.29. The van der Waals surface area contributed by atoms with Crippen molar-refractivity contribution in [3.63, 3.8) is 0 Å². The summed E-state index contributed by atoms with van der Waals surface area (Å²) in [6.45, 7) is 1.85. The maximum atomic E-state index is 12.7. The molecule has 0 radical (unpaired) electrons. The van der Waals surface area contributed by atoms with Gasteiger partial charge in [-0.2, -0.15) is 0 Å². The zero-order chi connectivity index (χ0) is 16.5. The highest BCUT2D eigenvalue weighted by Crippen LogP contribution is 2.36. The fourth-order valence-corrected chi connectivity index (χ4v) is 4.52. The van der Waals surface area contributed by atoms with Crippen LogP contribution in [0.25, 0.3) is 10.8 Å². The lowest BCUT2D eigenvalue weighted by Gasteiger charge is -2.31. The number of nitrogens with one attached hydrogen (secondary N) is 1. The number of fused-ring (bicyclic) bond motifs is 1.